The van der Waals surface area contributed by atoms with Crippen LogP contribution < -0.4 is 0 Å². The minimum atomic E-state index is -0.0143. The maximum absolute atomic E-state index is 10.8. The first-order chi connectivity index (χ1) is 16.2. The fourth-order valence-electron chi connectivity index (χ4n) is 4.33. The largest absolute Gasteiger partial charge is 0.510 e. The van der Waals surface area contributed by atoms with Crippen molar-refractivity contribution in [2.45, 2.75) is 49.7 Å². The highest BCUT2D eigenvalue weighted by molar-refractivity contribution is 7.99. The molecule has 4 aromatic rings. The van der Waals surface area contributed by atoms with E-state index in [2.05, 4.69) is 48.3 Å². The number of thiophene rings is 1. The molecule has 1 aliphatic carbocycles. The van der Waals surface area contributed by atoms with Crippen molar-refractivity contribution in [1.82, 2.24) is 24.7 Å². The second-order valence-corrected chi connectivity index (χ2v) is 10.1. The van der Waals surface area contributed by atoms with Gasteiger partial charge in [0.1, 0.15) is 23.2 Å². The van der Waals surface area contributed by atoms with Crippen LogP contribution in [0.3, 0.4) is 0 Å². The summed E-state index contributed by atoms with van der Waals surface area (Å²) in [5.41, 5.74) is 1.74. The van der Waals surface area contributed by atoms with Gasteiger partial charge >= 0.3 is 0 Å². The fraction of sp³-hybridized carbons (Fsp3) is 0.333. The molecule has 1 aliphatic rings. The van der Waals surface area contributed by atoms with Gasteiger partial charge in [0.05, 0.1) is 16.8 Å². The summed E-state index contributed by atoms with van der Waals surface area (Å²) >= 11 is 3.14. The molecule has 0 bridgehead atoms. The van der Waals surface area contributed by atoms with Gasteiger partial charge in [-0.1, -0.05) is 49.2 Å². The van der Waals surface area contributed by atoms with Crippen LogP contribution in [0.4, 0.5) is 0 Å². The number of hydrogen-bond acceptors (Lipinski definition) is 7. The lowest BCUT2D eigenvalue weighted by Gasteiger charge is -2.25. The Morgan fingerprint density at radius 1 is 1.18 bits per heavy atom. The molecule has 0 aliphatic heterocycles. The molecule has 33 heavy (non-hydrogen) atoms. The summed E-state index contributed by atoms with van der Waals surface area (Å²) in [6.07, 6.45) is 6.68. The first-order valence-corrected chi connectivity index (χ1v) is 13.0. The minimum absolute atomic E-state index is 0.0143. The molecule has 2 N–H and O–H groups in total. The Morgan fingerprint density at radius 3 is 2.79 bits per heavy atom. The van der Waals surface area contributed by atoms with Crippen LogP contribution in [-0.2, 0) is 6.42 Å². The second-order valence-electron chi connectivity index (χ2n) is 8.14. The van der Waals surface area contributed by atoms with Gasteiger partial charge in [-0.3, -0.25) is 0 Å². The van der Waals surface area contributed by atoms with Crippen LogP contribution in [0.15, 0.2) is 52.7 Å². The number of fused-ring (bicyclic) bond motifs is 1. The van der Waals surface area contributed by atoms with Crippen molar-refractivity contribution in [3.05, 3.63) is 64.1 Å². The number of para-hydroxylation sites is 2. The van der Waals surface area contributed by atoms with Crippen LogP contribution in [0.1, 0.15) is 54.7 Å². The molecular weight excluding hydrogens is 452 g/mol. The third-order valence-electron chi connectivity index (χ3n) is 5.95. The number of benzene rings is 1. The average Bonchev–Trinajstić information content (AvgIpc) is 3.59. The quantitative estimate of drug-likeness (QED) is 0.196. The van der Waals surface area contributed by atoms with Crippen LogP contribution in [0, 0.1) is 11.3 Å². The lowest BCUT2D eigenvalue weighted by Crippen LogP contribution is -2.17. The SMILES string of the molecule is N#CC(=C(O)CSc1nnc(Cc2cccs2)n1C1CCCCC1)c1nc2ccccc2[nH]1. The highest BCUT2D eigenvalue weighted by Crippen LogP contribution is 2.34. The van der Waals surface area contributed by atoms with Crippen molar-refractivity contribution < 1.29 is 5.11 Å². The van der Waals surface area contributed by atoms with Crippen molar-refractivity contribution >= 4 is 39.7 Å². The normalized spacial score (nSPS) is 15.5. The van der Waals surface area contributed by atoms with E-state index < -0.39 is 0 Å². The third kappa shape index (κ3) is 4.68. The molecule has 0 unspecified atom stereocenters. The molecule has 5 rings (SSSR count). The summed E-state index contributed by atoms with van der Waals surface area (Å²) in [5, 5.41) is 32.4. The van der Waals surface area contributed by atoms with Gasteiger partial charge in [0.25, 0.3) is 0 Å². The number of thioether (sulfide) groups is 1. The van der Waals surface area contributed by atoms with E-state index in [-0.39, 0.29) is 17.1 Å². The number of nitrogens with zero attached hydrogens (tertiary/aromatic N) is 5. The summed E-state index contributed by atoms with van der Waals surface area (Å²) < 4.78 is 2.27. The molecule has 0 amide bonds. The highest BCUT2D eigenvalue weighted by Gasteiger charge is 2.24. The Labute approximate surface area is 200 Å². The molecule has 0 atom stereocenters. The zero-order valence-corrected chi connectivity index (χ0v) is 19.7. The summed E-state index contributed by atoms with van der Waals surface area (Å²) in [6, 6.07) is 14.2. The van der Waals surface area contributed by atoms with Gasteiger partial charge in [0, 0.05) is 17.3 Å². The summed E-state index contributed by atoms with van der Waals surface area (Å²) in [6.45, 7) is 0. The predicted molar refractivity (Wildman–Crippen MR) is 131 cm³/mol. The van der Waals surface area contributed by atoms with Crippen LogP contribution in [0.5, 0.6) is 0 Å². The van der Waals surface area contributed by atoms with E-state index in [1.807, 2.05) is 24.3 Å². The number of nitriles is 1. The van der Waals surface area contributed by atoms with E-state index in [1.165, 1.54) is 35.9 Å². The smallest absolute Gasteiger partial charge is 0.191 e. The molecule has 1 fully saturated rings. The molecule has 0 radical (unpaired) electrons. The van der Waals surface area contributed by atoms with E-state index in [0.29, 0.717) is 11.9 Å². The topological polar surface area (TPSA) is 103 Å². The maximum atomic E-state index is 10.8. The number of imidazole rings is 1. The zero-order chi connectivity index (χ0) is 22.6. The number of aromatic amines is 1. The average molecular weight is 477 g/mol. The van der Waals surface area contributed by atoms with Gasteiger partial charge in [-0.2, -0.15) is 5.26 Å². The van der Waals surface area contributed by atoms with Crippen LogP contribution in [-0.4, -0.2) is 35.6 Å². The number of aliphatic hydroxyl groups excluding tert-OH is 1. The first-order valence-electron chi connectivity index (χ1n) is 11.1. The number of allylic oxidation sites excluding steroid dienone is 1. The fourth-order valence-corrected chi connectivity index (χ4v) is 5.94. The predicted octanol–water partition coefficient (Wildman–Crippen LogP) is 5.90. The maximum Gasteiger partial charge on any atom is 0.191 e. The Kier molecular flexibility index (Phi) is 6.46. The molecule has 7 nitrogen and oxygen atoms in total. The van der Waals surface area contributed by atoms with E-state index in [0.717, 1.165) is 41.3 Å². The number of aliphatic hydroxyl groups is 1. The summed E-state index contributed by atoms with van der Waals surface area (Å²) in [5.74, 6) is 1.56. The monoisotopic (exact) mass is 476 g/mol. The Balaban J connectivity index is 1.40. The molecule has 1 saturated carbocycles. The van der Waals surface area contributed by atoms with Crippen molar-refractivity contribution in [2.75, 3.05) is 5.75 Å². The Bertz CT molecular complexity index is 1280. The molecule has 0 spiro atoms. The number of aromatic nitrogens is 5. The summed E-state index contributed by atoms with van der Waals surface area (Å²) in [7, 11) is 0. The molecule has 3 aromatic heterocycles. The lowest BCUT2D eigenvalue weighted by molar-refractivity contribution is 0.330. The van der Waals surface area contributed by atoms with Crippen LogP contribution in [0.2, 0.25) is 0 Å². The Hall–Kier alpha value is -3.09. The number of H-pyrrole nitrogens is 1. The first kappa shape index (κ1) is 21.7. The van der Waals surface area contributed by atoms with Crippen molar-refractivity contribution in [3.63, 3.8) is 0 Å². The van der Waals surface area contributed by atoms with E-state index >= 15 is 0 Å². The third-order valence-corrected chi connectivity index (χ3v) is 7.78. The number of rotatable bonds is 7. The van der Waals surface area contributed by atoms with Crippen LogP contribution >= 0.6 is 23.1 Å². The van der Waals surface area contributed by atoms with Crippen LogP contribution in [0.25, 0.3) is 16.6 Å². The number of hydrogen-bond donors (Lipinski definition) is 2. The minimum Gasteiger partial charge on any atom is -0.510 e. The lowest BCUT2D eigenvalue weighted by atomic mass is 9.95. The van der Waals surface area contributed by atoms with Gasteiger partial charge in [-0.05, 0) is 36.4 Å². The molecular formula is C24H24N6OS2. The van der Waals surface area contributed by atoms with Gasteiger partial charge in [0.2, 0.25) is 0 Å². The molecule has 3 heterocycles. The van der Waals surface area contributed by atoms with Crippen molar-refractivity contribution in [2.24, 2.45) is 0 Å². The van der Waals surface area contributed by atoms with E-state index in [9.17, 15) is 10.4 Å². The van der Waals surface area contributed by atoms with E-state index in [4.69, 9.17) is 0 Å². The zero-order valence-electron chi connectivity index (χ0n) is 18.1. The molecule has 9 heteroatoms. The second kappa shape index (κ2) is 9.81. The van der Waals surface area contributed by atoms with E-state index in [1.54, 1.807) is 11.3 Å². The standard InChI is InChI=1S/C24H24N6OS2/c25-14-18(23-26-19-10-4-5-11-20(19)27-23)21(31)15-33-24-29-28-22(13-17-9-6-12-32-17)30(24)16-7-2-1-3-8-16/h4-6,9-12,16,31H,1-3,7-8,13,15H2,(H,26,27). The molecule has 1 aromatic carbocycles. The van der Waals surface area contributed by atoms with Gasteiger partial charge in [-0.15, -0.1) is 21.5 Å². The Morgan fingerprint density at radius 2 is 2.03 bits per heavy atom. The van der Waals surface area contributed by atoms with Gasteiger partial charge in [-0.25, -0.2) is 4.98 Å². The number of nitrogens with one attached hydrogen (secondary N) is 1. The van der Waals surface area contributed by atoms with Crippen molar-refractivity contribution in [1.29, 1.82) is 5.26 Å². The molecule has 0 saturated heterocycles. The highest BCUT2D eigenvalue weighted by atomic mass is 32.2. The summed E-state index contributed by atoms with van der Waals surface area (Å²) in [4.78, 5) is 8.84. The van der Waals surface area contributed by atoms with Gasteiger partial charge in [0.15, 0.2) is 11.0 Å². The van der Waals surface area contributed by atoms with Crippen molar-refractivity contribution in [3.8, 4) is 6.07 Å². The molecule has 168 valence electrons. The van der Waals surface area contributed by atoms with Gasteiger partial charge < -0.3 is 14.7 Å².